The van der Waals surface area contributed by atoms with Gasteiger partial charge in [0, 0.05) is 47.2 Å². The van der Waals surface area contributed by atoms with Crippen molar-refractivity contribution in [1.29, 1.82) is 0 Å². The van der Waals surface area contributed by atoms with Crippen molar-refractivity contribution in [2.45, 2.75) is 27.2 Å². The zero-order valence-corrected chi connectivity index (χ0v) is 16.8. The van der Waals surface area contributed by atoms with Gasteiger partial charge in [0.15, 0.2) is 17.3 Å². The lowest BCUT2D eigenvalue weighted by molar-refractivity contribution is -0.116. The second-order valence-corrected chi connectivity index (χ2v) is 7.58. The lowest BCUT2D eigenvalue weighted by atomic mass is 9.83. The summed E-state index contributed by atoms with van der Waals surface area (Å²) < 4.78 is 11.0. The fraction of sp³-hybridized carbons (Fsp3) is 0.348. The van der Waals surface area contributed by atoms with Gasteiger partial charge in [-0.3, -0.25) is 14.4 Å². The molecule has 0 atom stereocenters. The molecule has 1 saturated heterocycles. The predicted octanol–water partition coefficient (Wildman–Crippen LogP) is 3.25. The summed E-state index contributed by atoms with van der Waals surface area (Å²) in [5.41, 5.74) is 3.59. The van der Waals surface area contributed by atoms with E-state index in [9.17, 15) is 14.4 Å². The zero-order valence-electron chi connectivity index (χ0n) is 16.8. The minimum atomic E-state index is -0.145. The number of furan rings is 1. The topological polar surface area (TPSA) is 76.8 Å². The van der Waals surface area contributed by atoms with Crippen molar-refractivity contribution in [3.8, 4) is 0 Å². The first-order valence-electron chi connectivity index (χ1n) is 9.73. The number of rotatable bonds is 3. The van der Waals surface area contributed by atoms with Gasteiger partial charge >= 0.3 is 0 Å². The number of ketones is 2. The van der Waals surface area contributed by atoms with E-state index in [2.05, 4.69) is 0 Å². The van der Waals surface area contributed by atoms with Crippen molar-refractivity contribution in [2.75, 3.05) is 26.3 Å². The highest BCUT2D eigenvalue weighted by atomic mass is 16.5. The highest BCUT2D eigenvalue weighted by Gasteiger charge is 2.28. The molecular weight excluding hydrogens is 370 g/mol. The number of hydrogen-bond donors (Lipinski definition) is 0. The number of carbonyl (C=O) groups excluding carboxylic acids is 3. The summed E-state index contributed by atoms with van der Waals surface area (Å²) >= 11 is 0. The van der Waals surface area contributed by atoms with Gasteiger partial charge < -0.3 is 14.1 Å². The van der Waals surface area contributed by atoms with E-state index in [1.807, 2.05) is 12.1 Å². The summed E-state index contributed by atoms with van der Waals surface area (Å²) in [6.07, 6.45) is 0.370. The average Bonchev–Trinajstić information content (AvgIpc) is 3.17. The van der Waals surface area contributed by atoms with E-state index in [4.69, 9.17) is 9.15 Å². The van der Waals surface area contributed by atoms with Gasteiger partial charge in [0.1, 0.15) is 5.58 Å². The van der Waals surface area contributed by atoms with E-state index in [0.717, 1.165) is 10.9 Å². The molecule has 150 valence electrons. The average molecular weight is 393 g/mol. The molecule has 0 radical (unpaired) electrons. The van der Waals surface area contributed by atoms with Gasteiger partial charge in [0.05, 0.1) is 13.2 Å². The highest BCUT2D eigenvalue weighted by Crippen LogP contribution is 2.28. The van der Waals surface area contributed by atoms with Crippen LogP contribution in [0.5, 0.6) is 0 Å². The van der Waals surface area contributed by atoms with Crippen LogP contribution in [-0.4, -0.2) is 48.7 Å². The van der Waals surface area contributed by atoms with Crippen LogP contribution in [0.1, 0.15) is 36.9 Å². The van der Waals surface area contributed by atoms with Crippen LogP contribution < -0.4 is 0 Å². The molecule has 6 nitrogen and oxygen atoms in total. The first kappa shape index (κ1) is 19.3. The molecule has 0 bridgehead atoms. The Morgan fingerprint density at radius 2 is 1.66 bits per heavy atom. The molecule has 2 aromatic rings. The fourth-order valence-corrected chi connectivity index (χ4v) is 3.80. The Hall–Kier alpha value is -2.99. The maximum atomic E-state index is 12.7. The highest BCUT2D eigenvalue weighted by molar-refractivity contribution is 6.24. The molecule has 2 heterocycles. The number of morpholine rings is 1. The summed E-state index contributed by atoms with van der Waals surface area (Å²) in [5, 5.41) is 0.801. The predicted molar refractivity (Wildman–Crippen MR) is 108 cm³/mol. The van der Waals surface area contributed by atoms with Gasteiger partial charge in [-0.15, -0.1) is 0 Å². The van der Waals surface area contributed by atoms with Crippen molar-refractivity contribution in [2.24, 2.45) is 0 Å². The fourth-order valence-electron chi connectivity index (χ4n) is 3.80. The summed E-state index contributed by atoms with van der Waals surface area (Å²) in [6.45, 7) is 7.27. The van der Waals surface area contributed by atoms with Crippen LogP contribution in [0.3, 0.4) is 0 Å². The molecule has 0 saturated carbocycles. The molecule has 4 rings (SSSR count). The van der Waals surface area contributed by atoms with Crippen LogP contribution in [0, 0.1) is 0 Å². The molecule has 1 amide bonds. The molecule has 1 fully saturated rings. The largest absolute Gasteiger partial charge is 0.451 e. The Bertz CT molecular complexity index is 1100. The third-order valence-electron chi connectivity index (χ3n) is 5.78. The number of carbonyl (C=O) groups is 3. The van der Waals surface area contributed by atoms with Gasteiger partial charge in [-0.05, 0) is 44.5 Å². The van der Waals surface area contributed by atoms with Crippen molar-refractivity contribution >= 4 is 28.4 Å². The first-order chi connectivity index (χ1) is 13.9. The van der Waals surface area contributed by atoms with Gasteiger partial charge in [-0.1, -0.05) is 6.07 Å². The molecule has 6 heteroatoms. The molecule has 29 heavy (non-hydrogen) atoms. The molecule has 1 aromatic carbocycles. The third-order valence-corrected chi connectivity index (χ3v) is 5.78. The lowest BCUT2D eigenvalue weighted by Gasteiger charge is -2.25. The van der Waals surface area contributed by atoms with Crippen LogP contribution in [0.25, 0.3) is 11.0 Å². The Kier molecular flexibility index (Phi) is 4.96. The Morgan fingerprint density at radius 1 is 0.966 bits per heavy atom. The normalized spacial score (nSPS) is 18.2. The molecular formula is C23H23NO5. The second-order valence-electron chi connectivity index (χ2n) is 7.58. The summed E-state index contributed by atoms with van der Waals surface area (Å²) in [7, 11) is 0. The minimum Gasteiger partial charge on any atom is -0.451 e. The van der Waals surface area contributed by atoms with Crippen LogP contribution >= 0.6 is 0 Å². The molecule has 2 aliphatic rings. The molecule has 1 aromatic heterocycles. The molecule has 0 unspecified atom stereocenters. The van der Waals surface area contributed by atoms with Crippen molar-refractivity contribution in [1.82, 2.24) is 4.90 Å². The second kappa shape index (κ2) is 7.44. The van der Waals surface area contributed by atoms with E-state index in [1.165, 1.54) is 0 Å². The van der Waals surface area contributed by atoms with Crippen LogP contribution in [0.15, 0.2) is 51.0 Å². The van der Waals surface area contributed by atoms with Gasteiger partial charge in [0.2, 0.25) is 0 Å². The third kappa shape index (κ3) is 3.44. The van der Waals surface area contributed by atoms with E-state index in [1.54, 1.807) is 37.8 Å². The van der Waals surface area contributed by atoms with Gasteiger partial charge in [0.25, 0.3) is 5.91 Å². The Morgan fingerprint density at radius 3 is 2.38 bits per heavy atom. The summed E-state index contributed by atoms with van der Waals surface area (Å²) in [6, 6.07) is 7.32. The van der Waals surface area contributed by atoms with E-state index in [-0.39, 0.29) is 17.5 Å². The molecule has 1 aliphatic carbocycles. The SMILES string of the molecule is CC1=C(C)C(=O)C(Cc2ccc3oc(C(=O)N4CCOCC4)cc3c2)=C(C)C1=O. The molecule has 0 N–H and O–H groups in total. The number of amides is 1. The number of fused-ring (bicyclic) bond motifs is 1. The van der Waals surface area contributed by atoms with E-state index >= 15 is 0 Å². The smallest absolute Gasteiger partial charge is 0.289 e. The maximum absolute atomic E-state index is 12.7. The number of allylic oxidation sites excluding steroid dienone is 4. The summed E-state index contributed by atoms with van der Waals surface area (Å²) in [5.74, 6) is 0.0108. The van der Waals surface area contributed by atoms with E-state index < -0.39 is 0 Å². The van der Waals surface area contributed by atoms with Crippen molar-refractivity contribution in [3.63, 3.8) is 0 Å². The molecule has 0 spiro atoms. The number of benzene rings is 1. The zero-order chi connectivity index (χ0) is 20.7. The maximum Gasteiger partial charge on any atom is 0.289 e. The Balaban J connectivity index is 1.61. The monoisotopic (exact) mass is 393 g/mol. The van der Waals surface area contributed by atoms with Crippen molar-refractivity contribution in [3.05, 3.63) is 57.9 Å². The summed E-state index contributed by atoms with van der Waals surface area (Å²) in [4.78, 5) is 39.4. The Labute approximate surface area is 168 Å². The van der Waals surface area contributed by atoms with Crippen LogP contribution in [0.2, 0.25) is 0 Å². The standard InChI is InChI=1S/C23H23NO5/c1-13-14(2)22(26)18(15(3)21(13)25)11-16-4-5-19-17(10-16)12-20(29-19)23(27)24-6-8-28-9-7-24/h4-5,10,12H,6-9,11H2,1-3H3. The van der Waals surface area contributed by atoms with E-state index in [0.29, 0.717) is 66.4 Å². The lowest BCUT2D eigenvalue weighted by Crippen LogP contribution is -2.40. The number of hydrogen-bond acceptors (Lipinski definition) is 5. The quantitative estimate of drug-likeness (QED) is 0.748. The van der Waals surface area contributed by atoms with Gasteiger partial charge in [-0.2, -0.15) is 0 Å². The van der Waals surface area contributed by atoms with Gasteiger partial charge in [-0.25, -0.2) is 0 Å². The minimum absolute atomic E-state index is 0.0696. The molecule has 1 aliphatic heterocycles. The first-order valence-corrected chi connectivity index (χ1v) is 9.73. The van der Waals surface area contributed by atoms with Crippen LogP contribution in [0.4, 0.5) is 0 Å². The number of ether oxygens (including phenoxy) is 1. The van der Waals surface area contributed by atoms with Crippen molar-refractivity contribution < 1.29 is 23.5 Å². The number of nitrogens with zero attached hydrogens (tertiary/aromatic N) is 1. The number of Topliss-reactive ketones (excluding diaryl/α,β-unsaturated/α-hetero) is 2. The van der Waals surface area contributed by atoms with Crippen LogP contribution in [-0.2, 0) is 20.7 Å².